The molecule has 3 aromatic rings. The molecule has 2 N–H and O–H groups in total. The third kappa shape index (κ3) is 5.70. The van der Waals surface area contributed by atoms with Crippen molar-refractivity contribution in [3.63, 3.8) is 0 Å². The second-order valence-corrected chi connectivity index (χ2v) is 7.22. The fourth-order valence-corrected chi connectivity index (χ4v) is 3.20. The van der Waals surface area contributed by atoms with Gasteiger partial charge in [-0.2, -0.15) is 0 Å². The molecule has 7 nitrogen and oxygen atoms in total. The summed E-state index contributed by atoms with van der Waals surface area (Å²) < 4.78 is 16.8. The average Bonchev–Trinajstić information content (AvgIpc) is 2.79. The number of rotatable bonds is 8. The Labute approximate surface area is 191 Å². The molecule has 0 spiro atoms. The number of amides is 2. The summed E-state index contributed by atoms with van der Waals surface area (Å²) in [6.07, 6.45) is 0. The molecule has 3 rings (SSSR count). The maximum Gasteiger partial charge on any atom is 0.255 e. The highest BCUT2D eigenvalue weighted by Gasteiger charge is 2.19. The molecular weight excluding hydrogens is 432 g/mol. The van der Waals surface area contributed by atoms with Crippen molar-refractivity contribution in [1.82, 2.24) is 0 Å². The average molecular weight is 455 g/mol. The monoisotopic (exact) mass is 454 g/mol. The number of carbonyl (C=O) groups is 2. The van der Waals surface area contributed by atoms with Gasteiger partial charge < -0.3 is 24.8 Å². The Hall–Kier alpha value is -3.71. The first-order valence-corrected chi connectivity index (χ1v) is 10.1. The largest absolute Gasteiger partial charge is 0.493 e. The lowest BCUT2D eigenvalue weighted by Crippen LogP contribution is -2.13. The lowest BCUT2D eigenvalue weighted by molar-refractivity contribution is -0.114. The molecule has 0 fully saturated rings. The predicted octanol–water partition coefficient (Wildman–Crippen LogP) is 5.15. The van der Waals surface area contributed by atoms with Crippen molar-refractivity contribution in [3.8, 4) is 17.2 Å². The van der Waals surface area contributed by atoms with Gasteiger partial charge in [-0.25, -0.2) is 0 Å². The maximum atomic E-state index is 12.9. The number of benzene rings is 3. The highest BCUT2D eigenvalue weighted by atomic mass is 35.5. The van der Waals surface area contributed by atoms with E-state index in [9.17, 15) is 9.59 Å². The number of hydrogen-bond donors (Lipinski definition) is 2. The van der Waals surface area contributed by atoms with E-state index in [1.165, 1.54) is 21.1 Å². The highest BCUT2D eigenvalue weighted by Crippen LogP contribution is 2.39. The van der Waals surface area contributed by atoms with Crippen LogP contribution in [0, 0.1) is 0 Å². The Morgan fingerprint density at radius 1 is 0.906 bits per heavy atom. The van der Waals surface area contributed by atoms with Gasteiger partial charge in [-0.15, -0.1) is 0 Å². The van der Waals surface area contributed by atoms with Crippen LogP contribution in [0.2, 0.25) is 5.02 Å². The first-order valence-electron chi connectivity index (χ1n) is 9.72. The normalized spacial score (nSPS) is 10.2. The molecule has 3 aromatic carbocycles. The summed E-state index contributed by atoms with van der Waals surface area (Å²) in [5.74, 6) is 0.486. The molecule has 0 atom stereocenters. The summed E-state index contributed by atoms with van der Waals surface area (Å²) in [7, 11) is 2.98. The molecule has 0 unspecified atom stereocenters. The van der Waals surface area contributed by atoms with Crippen LogP contribution in [0.15, 0.2) is 60.7 Å². The zero-order valence-corrected chi connectivity index (χ0v) is 18.7. The van der Waals surface area contributed by atoms with Crippen LogP contribution in [-0.2, 0) is 11.4 Å². The molecule has 0 saturated carbocycles. The third-order valence-corrected chi connectivity index (χ3v) is 4.80. The number of hydrogen-bond acceptors (Lipinski definition) is 5. The Kier molecular flexibility index (Phi) is 7.57. The molecule has 0 saturated heterocycles. The van der Waals surface area contributed by atoms with Crippen LogP contribution < -0.4 is 24.8 Å². The van der Waals surface area contributed by atoms with E-state index < -0.39 is 5.91 Å². The summed E-state index contributed by atoms with van der Waals surface area (Å²) in [6.45, 7) is 1.72. The van der Waals surface area contributed by atoms with Gasteiger partial charge >= 0.3 is 0 Å². The van der Waals surface area contributed by atoms with Gasteiger partial charge in [0, 0.05) is 18.2 Å². The zero-order chi connectivity index (χ0) is 23.1. The molecule has 8 heteroatoms. The number of anilines is 2. The van der Waals surface area contributed by atoms with Gasteiger partial charge in [0.15, 0.2) is 11.5 Å². The van der Waals surface area contributed by atoms with Crippen LogP contribution in [0.5, 0.6) is 17.2 Å². The van der Waals surface area contributed by atoms with Crippen molar-refractivity contribution in [2.75, 3.05) is 24.9 Å². The van der Waals surface area contributed by atoms with Crippen molar-refractivity contribution in [2.24, 2.45) is 0 Å². The summed E-state index contributed by atoms with van der Waals surface area (Å²) >= 11 is 6.25. The molecule has 0 aliphatic heterocycles. The lowest BCUT2D eigenvalue weighted by Gasteiger charge is -2.16. The first kappa shape index (κ1) is 23.0. The molecule has 2 amide bonds. The quantitative estimate of drug-likeness (QED) is 0.491. The zero-order valence-electron chi connectivity index (χ0n) is 17.9. The van der Waals surface area contributed by atoms with Crippen molar-refractivity contribution in [1.29, 1.82) is 0 Å². The summed E-state index contributed by atoms with van der Waals surface area (Å²) in [4.78, 5) is 24.1. The van der Waals surface area contributed by atoms with Gasteiger partial charge in [-0.1, -0.05) is 41.9 Å². The minimum absolute atomic E-state index is 0.216. The van der Waals surface area contributed by atoms with Crippen molar-refractivity contribution >= 4 is 34.8 Å². The van der Waals surface area contributed by atoms with Gasteiger partial charge in [0.2, 0.25) is 11.7 Å². The minimum atomic E-state index is -0.412. The van der Waals surface area contributed by atoms with Gasteiger partial charge in [-0.05, 0) is 35.9 Å². The number of carbonyl (C=O) groups excluding carboxylic acids is 2. The van der Waals surface area contributed by atoms with E-state index >= 15 is 0 Å². The second-order valence-electron chi connectivity index (χ2n) is 6.81. The van der Waals surface area contributed by atoms with Gasteiger partial charge in [0.25, 0.3) is 5.91 Å². The van der Waals surface area contributed by atoms with E-state index in [-0.39, 0.29) is 10.9 Å². The van der Waals surface area contributed by atoms with E-state index in [4.69, 9.17) is 25.8 Å². The molecule has 0 aliphatic carbocycles. The molecule has 0 bridgehead atoms. The fraction of sp³-hybridized carbons (Fsp3) is 0.167. The maximum absolute atomic E-state index is 12.9. The fourth-order valence-electron chi connectivity index (χ4n) is 2.97. The van der Waals surface area contributed by atoms with Crippen LogP contribution in [-0.4, -0.2) is 26.0 Å². The minimum Gasteiger partial charge on any atom is -0.493 e. The lowest BCUT2D eigenvalue weighted by atomic mass is 10.1. The van der Waals surface area contributed by atoms with Crippen molar-refractivity contribution < 1.29 is 23.8 Å². The molecule has 0 aromatic heterocycles. The van der Waals surface area contributed by atoms with Gasteiger partial charge in [0.05, 0.1) is 24.9 Å². The smallest absolute Gasteiger partial charge is 0.255 e. The van der Waals surface area contributed by atoms with Crippen LogP contribution in [0.4, 0.5) is 11.4 Å². The Balaban J connectivity index is 1.81. The van der Waals surface area contributed by atoms with Gasteiger partial charge in [-0.3, -0.25) is 9.59 Å². The van der Waals surface area contributed by atoms with Crippen LogP contribution in [0.1, 0.15) is 22.8 Å². The van der Waals surface area contributed by atoms with Crippen molar-refractivity contribution in [2.45, 2.75) is 13.5 Å². The van der Waals surface area contributed by atoms with Gasteiger partial charge in [0.1, 0.15) is 6.61 Å². The topological polar surface area (TPSA) is 85.9 Å². The third-order valence-electron chi connectivity index (χ3n) is 4.49. The highest BCUT2D eigenvalue weighted by molar-refractivity contribution is 6.34. The Bertz CT molecular complexity index is 1090. The van der Waals surface area contributed by atoms with Crippen molar-refractivity contribution in [3.05, 3.63) is 76.8 Å². The Morgan fingerprint density at radius 3 is 2.12 bits per heavy atom. The summed E-state index contributed by atoms with van der Waals surface area (Å²) in [5, 5.41) is 5.67. The Morgan fingerprint density at radius 2 is 1.56 bits per heavy atom. The first-order chi connectivity index (χ1) is 15.4. The number of ether oxygens (including phenoxy) is 3. The second kappa shape index (κ2) is 10.5. The summed E-state index contributed by atoms with van der Waals surface area (Å²) in [6, 6.07) is 17.6. The van der Waals surface area contributed by atoms with Crippen LogP contribution >= 0.6 is 11.6 Å². The number of nitrogens with one attached hydrogen (secondary N) is 2. The summed E-state index contributed by atoms with van der Waals surface area (Å²) in [5.41, 5.74) is 2.21. The molecule has 0 heterocycles. The standard InChI is InChI=1S/C24H23ClN2O5/c1-15(28)26-18-9-10-20(19(25)13-18)27-24(29)17-11-21(30-2)23(22(12-17)31-3)32-14-16-7-5-4-6-8-16/h4-13H,14H2,1-3H3,(H,26,28)(H,27,29). The predicted molar refractivity (Wildman–Crippen MR) is 124 cm³/mol. The molecule has 166 valence electrons. The SMILES string of the molecule is COc1cc(C(=O)Nc2ccc(NC(C)=O)cc2Cl)cc(OC)c1OCc1ccccc1. The van der Waals surface area contributed by atoms with Crippen LogP contribution in [0.25, 0.3) is 0 Å². The molecule has 0 radical (unpaired) electrons. The van der Waals surface area contributed by atoms with E-state index in [1.807, 2.05) is 30.3 Å². The van der Waals surface area contributed by atoms with E-state index in [2.05, 4.69) is 10.6 Å². The number of methoxy groups -OCH3 is 2. The molecular formula is C24H23ClN2O5. The molecule has 0 aliphatic rings. The van der Waals surface area contributed by atoms with Crippen LogP contribution in [0.3, 0.4) is 0 Å². The van der Waals surface area contributed by atoms with E-state index in [0.717, 1.165) is 5.56 Å². The van der Waals surface area contributed by atoms with E-state index in [0.29, 0.717) is 40.8 Å². The molecule has 32 heavy (non-hydrogen) atoms. The number of halogens is 1. The van der Waals surface area contributed by atoms with E-state index in [1.54, 1.807) is 30.3 Å².